The molecule has 4 fully saturated rings. The van der Waals surface area contributed by atoms with Crippen LogP contribution in [0.15, 0.2) is 30.3 Å². The number of carbonyl (C=O) groups is 1. The Morgan fingerprint density at radius 2 is 1.59 bits per heavy atom. The third-order valence-electron chi connectivity index (χ3n) is 6.94. The van der Waals surface area contributed by atoms with Gasteiger partial charge in [0.15, 0.2) is 9.84 Å². The van der Waals surface area contributed by atoms with Crippen LogP contribution in [-0.4, -0.2) is 32.4 Å². The van der Waals surface area contributed by atoms with Gasteiger partial charge in [0.1, 0.15) is 5.75 Å². The van der Waals surface area contributed by atoms with Crippen LogP contribution in [0.25, 0.3) is 0 Å². The van der Waals surface area contributed by atoms with E-state index in [2.05, 4.69) is 5.32 Å². The number of sulfone groups is 1. The standard InChI is InChI=1S/C22H31NO3S/c24-21(15-27(25,26)8-4-7-17-5-2-1-3-6-17)23-16-22-12-18-9-19(13-22)11-20(10-18)14-22/h1-3,5-6,18-20H,4,7-16H2,(H,23,24). The molecular weight excluding hydrogens is 358 g/mol. The maximum absolute atomic E-state index is 12.3. The van der Waals surface area contributed by atoms with Gasteiger partial charge < -0.3 is 5.32 Å². The summed E-state index contributed by atoms with van der Waals surface area (Å²) in [5.74, 6) is 1.92. The number of nitrogens with one attached hydrogen (secondary N) is 1. The largest absolute Gasteiger partial charge is 0.355 e. The van der Waals surface area contributed by atoms with Crippen LogP contribution in [-0.2, 0) is 21.1 Å². The Morgan fingerprint density at radius 1 is 1.00 bits per heavy atom. The average Bonchev–Trinajstić information content (AvgIpc) is 2.59. The van der Waals surface area contributed by atoms with Crippen molar-refractivity contribution in [3.63, 3.8) is 0 Å². The van der Waals surface area contributed by atoms with Crippen molar-refractivity contribution in [1.82, 2.24) is 5.32 Å². The molecule has 1 aromatic carbocycles. The Hall–Kier alpha value is -1.36. The summed E-state index contributed by atoms with van der Waals surface area (Å²) < 4.78 is 24.6. The molecule has 1 N–H and O–H groups in total. The molecular formula is C22H31NO3S. The van der Waals surface area contributed by atoms with Crippen LogP contribution < -0.4 is 5.32 Å². The minimum atomic E-state index is -3.34. The Bertz CT molecular complexity index is 737. The highest BCUT2D eigenvalue weighted by Gasteiger charge is 2.50. The van der Waals surface area contributed by atoms with Gasteiger partial charge in [-0.15, -0.1) is 0 Å². The predicted octanol–water partition coefficient (Wildman–Crippen LogP) is 3.37. The van der Waals surface area contributed by atoms with Crippen molar-refractivity contribution in [1.29, 1.82) is 0 Å². The maximum Gasteiger partial charge on any atom is 0.235 e. The van der Waals surface area contributed by atoms with Crippen LogP contribution in [0.3, 0.4) is 0 Å². The summed E-state index contributed by atoms with van der Waals surface area (Å²) in [5, 5.41) is 2.99. The number of rotatable bonds is 8. The Morgan fingerprint density at radius 3 is 2.19 bits per heavy atom. The molecule has 4 aliphatic rings. The number of amides is 1. The van der Waals surface area contributed by atoms with Crippen molar-refractivity contribution in [3.05, 3.63) is 35.9 Å². The fourth-order valence-electron chi connectivity index (χ4n) is 6.26. The summed E-state index contributed by atoms with van der Waals surface area (Å²) in [7, 11) is -3.34. The smallest absolute Gasteiger partial charge is 0.235 e. The van der Waals surface area contributed by atoms with Gasteiger partial charge in [-0.1, -0.05) is 30.3 Å². The zero-order valence-electron chi connectivity index (χ0n) is 16.0. The summed E-state index contributed by atoms with van der Waals surface area (Å²) in [6.07, 6.45) is 9.11. The van der Waals surface area contributed by atoms with Crippen LogP contribution >= 0.6 is 0 Å². The third kappa shape index (κ3) is 4.74. The minimum Gasteiger partial charge on any atom is -0.355 e. The van der Waals surface area contributed by atoms with Gasteiger partial charge in [-0.25, -0.2) is 8.42 Å². The van der Waals surface area contributed by atoms with Crippen LogP contribution in [0.4, 0.5) is 0 Å². The molecule has 0 saturated heterocycles. The molecule has 1 aromatic rings. The first-order chi connectivity index (χ1) is 12.9. The quantitative estimate of drug-likeness (QED) is 0.741. The van der Waals surface area contributed by atoms with E-state index < -0.39 is 9.84 Å². The minimum absolute atomic E-state index is 0.0761. The van der Waals surface area contributed by atoms with E-state index in [1.807, 2.05) is 30.3 Å². The van der Waals surface area contributed by atoms with Crippen molar-refractivity contribution >= 4 is 15.7 Å². The first-order valence-corrected chi connectivity index (χ1v) is 12.2. The lowest BCUT2D eigenvalue weighted by Gasteiger charge is -2.56. The van der Waals surface area contributed by atoms with Gasteiger partial charge >= 0.3 is 0 Å². The summed E-state index contributed by atoms with van der Waals surface area (Å²) in [4.78, 5) is 12.3. The predicted molar refractivity (Wildman–Crippen MR) is 107 cm³/mol. The zero-order valence-corrected chi connectivity index (χ0v) is 16.8. The van der Waals surface area contributed by atoms with Crippen LogP contribution in [0.5, 0.6) is 0 Å². The van der Waals surface area contributed by atoms with Gasteiger partial charge in [0.05, 0.1) is 5.75 Å². The Labute approximate surface area is 163 Å². The van der Waals surface area contributed by atoms with Crippen LogP contribution in [0.1, 0.15) is 50.5 Å². The normalized spacial score (nSPS) is 31.8. The fraction of sp³-hybridized carbons (Fsp3) is 0.682. The van der Waals surface area contributed by atoms with Gasteiger partial charge in [0.2, 0.25) is 5.91 Å². The van der Waals surface area contributed by atoms with Crippen molar-refractivity contribution in [3.8, 4) is 0 Å². The highest BCUT2D eigenvalue weighted by Crippen LogP contribution is 2.59. The second-order valence-electron chi connectivity index (χ2n) is 9.38. The van der Waals surface area contributed by atoms with E-state index in [-0.39, 0.29) is 22.8 Å². The van der Waals surface area contributed by atoms with Crippen molar-refractivity contribution < 1.29 is 13.2 Å². The first kappa shape index (κ1) is 19.0. The summed E-state index contributed by atoms with van der Waals surface area (Å²) >= 11 is 0. The molecule has 0 radical (unpaired) electrons. The van der Waals surface area contributed by atoms with Gasteiger partial charge in [-0.05, 0) is 80.1 Å². The molecule has 4 nitrogen and oxygen atoms in total. The molecule has 0 atom stereocenters. The van der Waals surface area contributed by atoms with Gasteiger partial charge in [0, 0.05) is 6.54 Å². The summed E-state index contributed by atoms with van der Waals surface area (Å²) in [6.45, 7) is 0.675. The molecule has 4 saturated carbocycles. The van der Waals surface area contributed by atoms with Crippen LogP contribution in [0.2, 0.25) is 0 Å². The molecule has 0 spiro atoms. The van der Waals surface area contributed by atoms with E-state index >= 15 is 0 Å². The molecule has 5 heteroatoms. The van der Waals surface area contributed by atoms with Gasteiger partial charge in [-0.3, -0.25) is 4.79 Å². The molecule has 1 amide bonds. The topological polar surface area (TPSA) is 63.2 Å². The number of hydrogen-bond donors (Lipinski definition) is 1. The lowest BCUT2D eigenvalue weighted by Crippen LogP contribution is -2.51. The molecule has 148 valence electrons. The molecule has 0 aromatic heterocycles. The van der Waals surface area contributed by atoms with E-state index in [9.17, 15) is 13.2 Å². The highest BCUT2D eigenvalue weighted by molar-refractivity contribution is 7.92. The summed E-state index contributed by atoms with van der Waals surface area (Å²) in [6, 6.07) is 9.88. The fourth-order valence-corrected chi connectivity index (χ4v) is 7.49. The second-order valence-corrected chi connectivity index (χ2v) is 11.6. The molecule has 27 heavy (non-hydrogen) atoms. The third-order valence-corrected chi connectivity index (χ3v) is 8.55. The van der Waals surface area contributed by atoms with Crippen molar-refractivity contribution in [2.45, 2.75) is 51.4 Å². The monoisotopic (exact) mass is 389 g/mol. The number of carbonyl (C=O) groups excluding carboxylic acids is 1. The molecule has 0 aliphatic heterocycles. The Kier molecular flexibility index (Phi) is 5.32. The molecule has 5 rings (SSSR count). The average molecular weight is 390 g/mol. The van der Waals surface area contributed by atoms with E-state index in [0.29, 0.717) is 13.0 Å². The van der Waals surface area contributed by atoms with E-state index in [0.717, 1.165) is 29.7 Å². The zero-order chi connectivity index (χ0) is 18.9. The highest BCUT2D eigenvalue weighted by atomic mass is 32.2. The van der Waals surface area contributed by atoms with E-state index in [1.165, 1.54) is 38.5 Å². The lowest BCUT2D eigenvalue weighted by molar-refractivity contribution is -0.120. The summed E-state index contributed by atoms with van der Waals surface area (Å²) in [5.41, 5.74) is 1.39. The van der Waals surface area contributed by atoms with E-state index in [4.69, 9.17) is 0 Å². The Balaban J connectivity index is 1.23. The SMILES string of the molecule is O=C(CS(=O)(=O)CCCc1ccccc1)NCC12CC3CC(CC(C3)C1)C2. The molecule has 0 heterocycles. The van der Waals surface area contributed by atoms with Crippen molar-refractivity contribution in [2.75, 3.05) is 18.1 Å². The van der Waals surface area contributed by atoms with Gasteiger partial charge in [0.25, 0.3) is 0 Å². The van der Waals surface area contributed by atoms with E-state index in [1.54, 1.807) is 0 Å². The second kappa shape index (κ2) is 7.57. The first-order valence-electron chi connectivity index (χ1n) is 10.4. The molecule has 0 unspecified atom stereocenters. The van der Waals surface area contributed by atoms with Crippen molar-refractivity contribution in [2.24, 2.45) is 23.2 Å². The maximum atomic E-state index is 12.3. The molecule has 4 bridgehead atoms. The van der Waals surface area contributed by atoms with Crippen LogP contribution in [0, 0.1) is 23.2 Å². The lowest BCUT2D eigenvalue weighted by atomic mass is 9.49. The number of aryl methyl sites for hydroxylation is 1. The van der Waals surface area contributed by atoms with Gasteiger partial charge in [-0.2, -0.15) is 0 Å². The number of benzene rings is 1. The molecule has 4 aliphatic carbocycles. The number of hydrogen-bond acceptors (Lipinski definition) is 3.